The third-order valence-electron chi connectivity index (χ3n) is 3.60. The van der Waals surface area contributed by atoms with Gasteiger partial charge in [-0.25, -0.2) is 4.98 Å². The van der Waals surface area contributed by atoms with Gasteiger partial charge in [0.15, 0.2) is 5.82 Å². The molecule has 1 amide bonds. The van der Waals surface area contributed by atoms with Crippen LogP contribution in [0.1, 0.15) is 19.3 Å². The van der Waals surface area contributed by atoms with E-state index in [1.165, 1.54) is 19.3 Å². The lowest BCUT2D eigenvalue weighted by Crippen LogP contribution is -2.30. The fraction of sp³-hybridized carbons (Fsp3) is 0.462. The molecule has 2 aromatic rings. The predicted octanol–water partition coefficient (Wildman–Crippen LogP) is 1.53. The van der Waals surface area contributed by atoms with Crippen LogP contribution in [-0.4, -0.2) is 34.3 Å². The Morgan fingerprint density at radius 1 is 1.32 bits per heavy atom. The Hall–Kier alpha value is -2.11. The molecule has 0 spiro atoms. The summed E-state index contributed by atoms with van der Waals surface area (Å²) < 4.78 is 1.77. The molecule has 1 N–H and O–H groups in total. The first-order valence-corrected chi connectivity index (χ1v) is 6.57. The number of nitrogens with one attached hydrogen (secondary N) is 1. The van der Waals surface area contributed by atoms with Crippen molar-refractivity contribution in [2.75, 3.05) is 23.3 Å². The number of hydrogen-bond acceptors (Lipinski definition) is 4. The van der Waals surface area contributed by atoms with E-state index in [9.17, 15) is 4.79 Å². The van der Waals surface area contributed by atoms with Gasteiger partial charge in [0.1, 0.15) is 5.82 Å². The van der Waals surface area contributed by atoms with E-state index < -0.39 is 0 Å². The highest BCUT2D eigenvalue weighted by Crippen LogP contribution is 2.26. The van der Waals surface area contributed by atoms with Crippen molar-refractivity contribution in [1.29, 1.82) is 0 Å². The molecule has 3 heterocycles. The zero-order valence-corrected chi connectivity index (χ0v) is 11.0. The molecule has 100 valence electrons. The number of piperidine rings is 1. The first-order valence-electron chi connectivity index (χ1n) is 6.57. The van der Waals surface area contributed by atoms with E-state index in [2.05, 4.69) is 20.3 Å². The van der Waals surface area contributed by atoms with Crippen molar-refractivity contribution < 1.29 is 4.79 Å². The average Bonchev–Trinajstić information content (AvgIpc) is 2.77. The molecule has 1 aliphatic rings. The topological polar surface area (TPSA) is 63.1 Å². The Labute approximate surface area is 111 Å². The fourth-order valence-corrected chi connectivity index (χ4v) is 2.60. The minimum absolute atomic E-state index is 0.560. The van der Waals surface area contributed by atoms with Crippen LogP contribution in [-0.2, 0) is 11.8 Å². The standard InChI is InChI=1S/C13H17N5O/c1-17-11-7-12(18-5-3-2-4-6-18)14-8-10(11)13(16-17)15-9-19/h7-9H,2-6H2,1H3,(H,15,16,19). The Balaban J connectivity index is 2.00. The molecular formula is C13H17N5O. The summed E-state index contributed by atoms with van der Waals surface area (Å²) >= 11 is 0. The van der Waals surface area contributed by atoms with Gasteiger partial charge in [0.25, 0.3) is 0 Å². The molecule has 6 heteroatoms. The van der Waals surface area contributed by atoms with Gasteiger partial charge >= 0.3 is 0 Å². The molecule has 0 saturated carbocycles. The summed E-state index contributed by atoms with van der Waals surface area (Å²) in [6.45, 7) is 2.13. The lowest BCUT2D eigenvalue weighted by molar-refractivity contribution is -0.105. The van der Waals surface area contributed by atoms with Gasteiger partial charge in [-0.2, -0.15) is 5.10 Å². The number of amides is 1. The number of hydrogen-bond donors (Lipinski definition) is 1. The van der Waals surface area contributed by atoms with Crippen LogP contribution >= 0.6 is 0 Å². The number of aromatic nitrogens is 3. The molecule has 0 aromatic carbocycles. The van der Waals surface area contributed by atoms with Crippen molar-refractivity contribution in [3.63, 3.8) is 0 Å². The Bertz CT molecular complexity index is 600. The molecule has 2 aromatic heterocycles. The first kappa shape index (κ1) is 12.0. The third kappa shape index (κ3) is 2.14. The maximum Gasteiger partial charge on any atom is 0.212 e. The van der Waals surface area contributed by atoms with Crippen molar-refractivity contribution >= 4 is 28.9 Å². The van der Waals surface area contributed by atoms with E-state index in [4.69, 9.17) is 0 Å². The molecule has 1 saturated heterocycles. The zero-order chi connectivity index (χ0) is 13.2. The molecule has 0 bridgehead atoms. The molecule has 1 aliphatic heterocycles. The highest BCUT2D eigenvalue weighted by atomic mass is 16.1. The Morgan fingerprint density at radius 3 is 2.84 bits per heavy atom. The molecular weight excluding hydrogens is 242 g/mol. The molecule has 0 radical (unpaired) electrons. The molecule has 1 fully saturated rings. The molecule has 0 atom stereocenters. The first-order chi connectivity index (χ1) is 9.29. The van der Waals surface area contributed by atoms with Gasteiger partial charge in [0.2, 0.25) is 6.41 Å². The summed E-state index contributed by atoms with van der Waals surface area (Å²) in [4.78, 5) is 17.4. The van der Waals surface area contributed by atoms with Gasteiger partial charge in [-0.15, -0.1) is 0 Å². The van der Waals surface area contributed by atoms with Crippen LogP contribution in [0.5, 0.6) is 0 Å². The van der Waals surface area contributed by atoms with E-state index in [0.29, 0.717) is 12.2 Å². The van der Waals surface area contributed by atoms with E-state index in [1.54, 1.807) is 10.9 Å². The summed E-state index contributed by atoms with van der Waals surface area (Å²) in [7, 11) is 1.87. The van der Waals surface area contributed by atoms with Crippen LogP contribution in [0.4, 0.5) is 11.6 Å². The van der Waals surface area contributed by atoms with Crippen LogP contribution in [0.15, 0.2) is 12.3 Å². The Kier molecular flexibility index (Phi) is 3.06. The normalized spacial score (nSPS) is 15.7. The van der Waals surface area contributed by atoms with Crippen molar-refractivity contribution in [2.24, 2.45) is 7.05 Å². The van der Waals surface area contributed by atoms with E-state index in [1.807, 2.05) is 13.1 Å². The molecule has 19 heavy (non-hydrogen) atoms. The monoisotopic (exact) mass is 259 g/mol. The number of fused-ring (bicyclic) bond motifs is 1. The van der Waals surface area contributed by atoms with Crippen molar-refractivity contribution in [3.05, 3.63) is 12.3 Å². The van der Waals surface area contributed by atoms with Crippen molar-refractivity contribution in [1.82, 2.24) is 14.8 Å². The lowest BCUT2D eigenvalue weighted by atomic mass is 10.1. The maximum atomic E-state index is 10.6. The minimum Gasteiger partial charge on any atom is -0.357 e. The number of nitrogens with zero attached hydrogens (tertiary/aromatic N) is 4. The second kappa shape index (κ2) is 4.87. The van der Waals surface area contributed by atoms with Crippen molar-refractivity contribution in [3.8, 4) is 0 Å². The number of rotatable bonds is 3. The maximum absolute atomic E-state index is 10.6. The molecule has 0 aliphatic carbocycles. The highest BCUT2D eigenvalue weighted by Gasteiger charge is 2.15. The predicted molar refractivity (Wildman–Crippen MR) is 74.3 cm³/mol. The van der Waals surface area contributed by atoms with Gasteiger partial charge in [0, 0.05) is 32.4 Å². The van der Waals surface area contributed by atoms with Crippen LogP contribution in [0, 0.1) is 0 Å². The smallest absolute Gasteiger partial charge is 0.212 e. The van der Waals surface area contributed by atoms with Gasteiger partial charge in [-0.3, -0.25) is 9.48 Å². The number of anilines is 2. The summed E-state index contributed by atoms with van der Waals surface area (Å²) in [5.74, 6) is 1.55. The number of aryl methyl sites for hydroxylation is 1. The summed E-state index contributed by atoms with van der Waals surface area (Å²) in [6, 6.07) is 2.05. The number of carbonyl (C=O) groups excluding carboxylic acids is 1. The summed E-state index contributed by atoms with van der Waals surface area (Å²) in [6.07, 6.45) is 6.18. The number of carbonyl (C=O) groups is 1. The SMILES string of the molecule is Cn1nc(NC=O)c2cnc(N3CCCCC3)cc21. The van der Waals surface area contributed by atoms with Crippen LogP contribution in [0.25, 0.3) is 10.9 Å². The Morgan fingerprint density at radius 2 is 2.11 bits per heavy atom. The van der Waals surface area contributed by atoms with E-state index in [0.717, 1.165) is 29.8 Å². The van der Waals surface area contributed by atoms with Crippen LogP contribution < -0.4 is 10.2 Å². The highest BCUT2D eigenvalue weighted by molar-refractivity contribution is 5.94. The zero-order valence-electron chi connectivity index (χ0n) is 11.0. The summed E-state index contributed by atoms with van der Waals surface area (Å²) in [5.41, 5.74) is 0.986. The second-order valence-corrected chi connectivity index (χ2v) is 4.84. The van der Waals surface area contributed by atoms with E-state index >= 15 is 0 Å². The van der Waals surface area contributed by atoms with Crippen LogP contribution in [0.2, 0.25) is 0 Å². The third-order valence-corrected chi connectivity index (χ3v) is 3.60. The summed E-state index contributed by atoms with van der Waals surface area (Å²) in [5, 5.41) is 7.76. The fourth-order valence-electron chi connectivity index (χ4n) is 2.60. The van der Waals surface area contributed by atoms with E-state index in [-0.39, 0.29) is 0 Å². The van der Waals surface area contributed by atoms with Gasteiger partial charge in [-0.1, -0.05) is 0 Å². The average molecular weight is 259 g/mol. The van der Waals surface area contributed by atoms with Crippen molar-refractivity contribution in [2.45, 2.75) is 19.3 Å². The quantitative estimate of drug-likeness (QED) is 0.849. The van der Waals surface area contributed by atoms with Gasteiger partial charge < -0.3 is 10.2 Å². The molecule has 0 unspecified atom stereocenters. The largest absolute Gasteiger partial charge is 0.357 e. The lowest BCUT2D eigenvalue weighted by Gasteiger charge is -2.27. The molecule has 6 nitrogen and oxygen atoms in total. The van der Waals surface area contributed by atoms with Gasteiger partial charge in [-0.05, 0) is 19.3 Å². The second-order valence-electron chi connectivity index (χ2n) is 4.84. The van der Waals surface area contributed by atoms with Gasteiger partial charge in [0.05, 0.1) is 10.9 Å². The molecule has 3 rings (SSSR count). The van der Waals surface area contributed by atoms with Crippen LogP contribution in [0.3, 0.4) is 0 Å². The minimum atomic E-state index is 0.560. The number of pyridine rings is 1.